The van der Waals surface area contributed by atoms with Crippen molar-refractivity contribution >= 4 is 22.5 Å². The molecule has 0 atom stereocenters. The van der Waals surface area contributed by atoms with Crippen LogP contribution in [-0.2, 0) is 17.8 Å². The van der Waals surface area contributed by atoms with Gasteiger partial charge < -0.3 is 5.32 Å². The van der Waals surface area contributed by atoms with Crippen LogP contribution in [0.25, 0.3) is 10.9 Å². The number of fused-ring (bicyclic) bond motifs is 2. The molecule has 5 rings (SSSR count). The minimum atomic E-state index is -0.309. The molecule has 3 aromatic rings. The topological polar surface area (TPSA) is 69.0 Å². The van der Waals surface area contributed by atoms with E-state index in [0.29, 0.717) is 0 Å². The summed E-state index contributed by atoms with van der Waals surface area (Å²) in [4.78, 5) is 20.4. The van der Waals surface area contributed by atoms with Gasteiger partial charge in [-0.3, -0.25) is 14.7 Å². The molecule has 1 N–H and O–H groups in total. The molecule has 5 nitrogen and oxygen atoms in total. The van der Waals surface area contributed by atoms with Gasteiger partial charge in [-0.1, -0.05) is 31.4 Å². The molecule has 0 unspecified atom stereocenters. The molecule has 33 heavy (non-hydrogen) atoms. The summed E-state index contributed by atoms with van der Waals surface area (Å²) in [6.07, 6.45) is 9.02. The quantitative estimate of drug-likeness (QED) is 0.576. The predicted molar refractivity (Wildman–Crippen MR) is 131 cm³/mol. The van der Waals surface area contributed by atoms with Crippen molar-refractivity contribution in [3.8, 4) is 6.07 Å². The highest BCUT2D eigenvalue weighted by Gasteiger charge is 2.39. The second-order valence-electron chi connectivity index (χ2n) is 9.58. The molecule has 2 aliphatic rings. The molecule has 1 aliphatic heterocycles. The smallest absolute Gasteiger partial charge is 0.230 e. The van der Waals surface area contributed by atoms with Gasteiger partial charge >= 0.3 is 0 Å². The van der Waals surface area contributed by atoms with Crippen molar-refractivity contribution < 1.29 is 4.79 Å². The highest BCUT2D eigenvalue weighted by Crippen LogP contribution is 2.41. The second kappa shape index (κ2) is 9.33. The number of benzene rings is 2. The number of aromatic nitrogens is 1. The fourth-order valence-electron chi connectivity index (χ4n) is 5.48. The number of hydrogen-bond acceptors (Lipinski definition) is 4. The number of amides is 1. The fraction of sp³-hybridized carbons (Fsp3) is 0.393. The largest absolute Gasteiger partial charge is 0.326 e. The Bertz CT molecular complexity index is 1210. The highest BCUT2D eigenvalue weighted by atomic mass is 16.2. The van der Waals surface area contributed by atoms with Gasteiger partial charge in [-0.15, -0.1) is 0 Å². The van der Waals surface area contributed by atoms with Gasteiger partial charge in [-0.25, -0.2) is 0 Å². The van der Waals surface area contributed by atoms with Gasteiger partial charge in [0.1, 0.15) is 0 Å². The monoisotopic (exact) mass is 438 g/mol. The summed E-state index contributed by atoms with van der Waals surface area (Å²) >= 11 is 0. The van der Waals surface area contributed by atoms with E-state index in [1.165, 1.54) is 17.5 Å². The average molecular weight is 439 g/mol. The van der Waals surface area contributed by atoms with Crippen LogP contribution in [0.2, 0.25) is 0 Å². The predicted octanol–water partition coefficient (Wildman–Crippen LogP) is 5.44. The molecule has 2 heterocycles. The molecule has 168 valence electrons. The minimum absolute atomic E-state index is 0.162. The molecule has 0 saturated heterocycles. The first-order valence-corrected chi connectivity index (χ1v) is 12.1. The third kappa shape index (κ3) is 4.62. The molecule has 1 aromatic heterocycles. The number of rotatable bonds is 5. The van der Waals surface area contributed by atoms with E-state index in [1.807, 2.05) is 42.5 Å². The SMILES string of the molecule is N#Cc1ccc2c(c1)CN(CCC1(C(=O)Nc3ccc4ncccc4c3)CCCCC1)CC2. The van der Waals surface area contributed by atoms with Crippen LogP contribution < -0.4 is 5.32 Å². The van der Waals surface area contributed by atoms with E-state index in [2.05, 4.69) is 27.3 Å². The highest BCUT2D eigenvalue weighted by molar-refractivity contribution is 5.97. The Kier molecular flexibility index (Phi) is 6.11. The van der Waals surface area contributed by atoms with Crippen LogP contribution in [0.4, 0.5) is 5.69 Å². The lowest BCUT2D eigenvalue weighted by Gasteiger charge is -2.38. The summed E-state index contributed by atoms with van der Waals surface area (Å²) in [5.74, 6) is 0.162. The Morgan fingerprint density at radius 3 is 2.82 bits per heavy atom. The number of carbonyl (C=O) groups is 1. The van der Waals surface area contributed by atoms with Crippen LogP contribution in [0.5, 0.6) is 0 Å². The standard InChI is InChI=1S/C28H30N4O/c29-19-21-6-7-22-10-15-32(20-24(22)17-21)16-13-28(11-2-1-3-12-28)27(33)31-25-8-9-26-23(18-25)5-4-14-30-26/h4-9,14,17-18H,1-3,10-13,15-16,20H2,(H,31,33). The fourth-order valence-corrected chi connectivity index (χ4v) is 5.48. The molecular formula is C28H30N4O. The van der Waals surface area contributed by atoms with Crippen LogP contribution in [0.1, 0.15) is 55.2 Å². The first kappa shape index (κ1) is 21.6. The van der Waals surface area contributed by atoms with Crippen molar-refractivity contribution in [3.05, 3.63) is 71.4 Å². The Labute approximate surface area is 195 Å². The number of hydrogen-bond donors (Lipinski definition) is 1. The van der Waals surface area contributed by atoms with Crippen molar-refractivity contribution in [1.82, 2.24) is 9.88 Å². The molecule has 0 bridgehead atoms. The Morgan fingerprint density at radius 1 is 1.09 bits per heavy atom. The number of pyridine rings is 1. The zero-order chi connectivity index (χ0) is 22.7. The lowest BCUT2D eigenvalue weighted by Crippen LogP contribution is -2.42. The maximum Gasteiger partial charge on any atom is 0.230 e. The third-order valence-corrected chi connectivity index (χ3v) is 7.49. The number of anilines is 1. The van der Waals surface area contributed by atoms with Gasteiger partial charge in [0.25, 0.3) is 0 Å². The summed E-state index contributed by atoms with van der Waals surface area (Å²) in [6, 6.07) is 18.2. The maximum absolute atomic E-state index is 13.6. The van der Waals surface area contributed by atoms with E-state index in [-0.39, 0.29) is 11.3 Å². The Morgan fingerprint density at radius 2 is 1.97 bits per heavy atom. The van der Waals surface area contributed by atoms with E-state index in [1.54, 1.807) is 6.20 Å². The first-order chi connectivity index (χ1) is 16.1. The summed E-state index contributed by atoms with van der Waals surface area (Å²) in [5, 5.41) is 13.5. The molecular weight excluding hydrogens is 408 g/mol. The Hall–Kier alpha value is -3.23. The zero-order valence-electron chi connectivity index (χ0n) is 19.0. The second-order valence-corrected chi connectivity index (χ2v) is 9.58. The van der Waals surface area contributed by atoms with Crippen molar-refractivity contribution in [2.45, 2.75) is 51.5 Å². The van der Waals surface area contributed by atoms with Crippen molar-refractivity contribution in [3.63, 3.8) is 0 Å². The van der Waals surface area contributed by atoms with E-state index < -0.39 is 0 Å². The molecule has 1 aliphatic carbocycles. The molecule has 5 heteroatoms. The van der Waals surface area contributed by atoms with Gasteiger partial charge in [-0.2, -0.15) is 5.26 Å². The lowest BCUT2D eigenvalue weighted by atomic mass is 9.71. The molecule has 1 saturated carbocycles. The Balaban J connectivity index is 1.29. The molecule has 0 spiro atoms. The number of nitrogens with one attached hydrogen (secondary N) is 1. The molecule has 2 aromatic carbocycles. The van der Waals surface area contributed by atoms with E-state index in [4.69, 9.17) is 0 Å². The minimum Gasteiger partial charge on any atom is -0.326 e. The number of nitriles is 1. The van der Waals surface area contributed by atoms with E-state index in [9.17, 15) is 10.1 Å². The van der Waals surface area contributed by atoms with Crippen LogP contribution in [-0.4, -0.2) is 28.9 Å². The average Bonchev–Trinajstić information content (AvgIpc) is 2.87. The molecule has 0 radical (unpaired) electrons. The van der Waals surface area contributed by atoms with Gasteiger partial charge in [0.15, 0.2) is 0 Å². The third-order valence-electron chi connectivity index (χ3n) is 7.49. The van der Waals surface area contributed by atoms with E-state index in [0.717, 1.165) is 80.3 Å². The van der Waals surface area contributed by atoms with Crippen LogP contribution in [0.15, 0.2) is 54.7 Å². The zero-order valence-corrected chi connectivity index (χ0v) is 19.0. The van der Waals surface area contributed by atoms with Crippen molar-refractivity contribution in [2.24, 2.45) is 5.41 Å². The summed E-state index contributed by atoms with van der Waals surface area (Å²) in [5.41, 5.74) is 4.81. The van der Waals surface area contributed by atoms with E-state index >= 15 is 0 Å². The summed E-state index contributed by atoms with van der Waals surface area (Å²) in [7, 11) is 0. The normalized spacial score (nSPS) is 17.8. The molecule has 1 fully saturated rings. The number of nitrogens with zero attached hydrogens (tertiary/aromatic N) is 3. The maximum atomic E-state index is 13.6. The first-order valence-electron chi connectivity index (χ1n) is 12.1. The number of carbonyl (C=O) groups excluding carboxylic acids is 1. The van der Waals surface area contributed by atoms with Gasteiger partial charge in [0, 0.05) is 30.4 Å². The van der Waals surface area contributed by atoms with Crippen molar-refractivity contribution in [2.75, 3.05) is 18.4 Å². The van der Waals surface area contributed by atoms with Gasteiger partial charge in [-0.05, 0) is 79.8 Å². The van der Waals surface area contributed by atoms with Crippen LogP contribution in [0, 0.1) is 16.7 Å². The molecule has 1 amide bonds. The van der Waals surface area contributed by atoms with Crippen LogP contribution >= 0.6 is 0 Å². The van der Waals surface area contributed by atoms with Crippen LogP contribution in [0.3, 0.4) is 0 Å². The van der Waals surface area contributed by atoms with Gasteiger partial charge in [0.2, 0.25) is 5.91 Å². The van der Waals surface area contributed by atoms with Crippen molar-refractivity contribution in [1.29, 1.82) is 5.26 Å². The lowest BCUT2D eigenvalue weighted by molar-refractivity contribution is -0.128. The summed E-state index contributed by atoms with van der Waals surface area (Å²) < 4.78 is 0. The van der Waals surface area contributed by atoms with Gasteiger partial charge in [0.05, 0.1) is 22.6 Å². The summed E-state index contributed by atoms with van der Waals surface area (Å²) in [6.45, 7) is 2.78.